The van der Waals surface area contributed by atoms with Crippen molar-refractivity contribution in [1.82, 2.24) is 4.90 Å². The van der Waals surface area contributed by atoms with E-state index in [9.17, 15) is 4.79 Å². The minimum atomic E-state index is -0.666. The molecular weight excluding hydrogens is 310 g/mol. The fraction of sp³-hybridized carbons (Fsp3) is 0.500. The lowest BCUT2D eigenvalue weighted by Crippen LogP contribution is -2.54. The third-order valence-corrected chi connectivity index (χ3v) is 6.80. The van der Waals surface area contributed by atoms with Gasteiger partial charge in [0.15, 0.2) is 0 Å². The van der Waals surface area contributed by atoms with E-state index in [1.807, 2.05) is 0 Å². The van der Waals surface area contributed by atoms with Gasteiger partial charge in [0.2, 0.25) is 5.91 Å². The molecule has 1 aliphatic heterocycles. The van der Waals surface area contributed by atoms with Crippen molar-refractivity contribution in [2.45, 2.75) is 37.0 Å². The number of hydrogen-bond donors (Lipinski definition) is 0. The zero-order valence-corrected chi connectivity index (χ0v) is 14.8. The molecule has 1 aromatic carbocycles. The molecule has 0 radical (unpaired) electrons. The van der Waals surface area contributed by atoms with Crippen molar-refractivity contribution in [3.63, 3.8) is 0 Å². The van der Waals surface area contributed by atoms with Crippen molar-refractivity contribution in [2.75, 3.05) is 20.2 Å². The van der Waals surface area contributed by atoms with Gasteiger partial charge >= 0.3 is 0 Å². The molecule has 3 nitrogen and oxygen atoms in total. The lowest BCUT2D eigenvalue weighted by atomic mass is 9.63. The van der Waals surface area contributed by atoms with Crippen molar-refractivity contribution in [3.8, 4) is 0 Å². The molecule has 0 saturated carbocycles. The number of allylic oxidation sites excluding steroid dienone is 3. The first-order valence-corrected chi connectivity index (χ1v) is 9.60. The molecule has 0 aromatic heterocycles. The molecule has 1 fully saturated rings. The number of amides is 1. The van der Waals surface area contributed by atoms with Crippen molar-refractivity contribution >= 4 is 5.91 Å². The second kappa shape index (κ2) is 5.48. The first-order valence-electron chi connectivity index (χ1n) is 9.60. The van der Waals surface area contributed by atoms with E-state index in [0.29, 0.717) is 11.8 Å². The SMILES string of the molecule is COC1=CC2c3ccccc3C1(C(=O)N1CCCCC1)C1C=CC2C1. The molecule has 6 rings (SSSR count). The first-order chi connectivity index (χ1) is 12.3. The molecule has 3 heteroatoms. The van der Waals surface area contributed by atoms with Crippen LogP contribution in [-0.4, -0.2) is 31.0 Å². The van der Waals surface area contributed by atoms with Crippen molar-refractivity contribution < 1.29 is 9.53 Å². The lowest BCUT2D eigenvalue weighted by Gasteiger charge is -2.45. The number of benzene rings is 1. The Morgan fingerprint density at radius 2 is 1.96 bits per heavy atom. The Bertz CT molecular complexity index is 774. The molecule has 130 valence electrons. The molecule has 5 aliphatic rings. The number of carbonyl (C=O) groups excluding carboxylic acids is 1. The molecule has 4 aliphatic carbocycles. The van der Waals surface area contributed by atoms with E-state index in [0.717, 1.165) is 38.1 Å². The number of rotatable bonds is 2. The molecule has 1 aromatic rings. The quantitative estimate of drug-likeness (QED) is 0.770. The highest BCUT2D eigenvalue weighted by atomic mass is 16.5. The smallest absolute Gasteiger partial charge is 0.241 e. The van der Waals surface area contributed by atoms with E-state index >= 15 is 0 Å². The summed E-state index contributed by atoms with van der Waals surface area (Å²) in [7, 11) is 1.73. The average Bonchev–Trinajstić information content (AvgIpc) is 3.07. The van der Waals surface area contributed by atoms with Crippen LogP contribution in [0.15, 0.2) is 48.3 Å². The largest absolute Gasteiger partial charge is 0.500 e. The van der Waals surface area contributed by atoms with E-state index in [1.54, 1.807) is 7.11 Å². The minimum absolute atomic E-state index is 0.201. The van der Waals surface area contributed by atoms with Crippen LogP contribution >= 0.6 is 0 Å². The highest BCUT2D eigenvalue weighted by Gasteiger charge is 2.59. The molecule has 4 unspecified atom stereocenters. The van der Waals surface area contributed by atoms with Gasteiger partial charge in [0.1, 0.15) is 11.2 Å². The number of likely N-dealkylation sites (tertiary alicyclic amines) is 1. The topological polar surface area (TPSA) is 29.5 Å². The van der Waals surface area contributed by atoms with Gasteiger partial charge in [-0.05, 0) is 48.8 Å². The van der Waals surface area contributed by atoms with Gasteiger partial charge in [0.05, 0.1) is 7.11 Å². The maximum Gasteiger partial charge on any atom is 0.241 e. The van der Waals surface area contributed by atoms with E-state index in [-0.39, 0.29) is 11.8 Å². The Kier molecular flexibility index (Phi) is 3.34. The molecule has 0 spiro atoms. The summed E-state index contributed by atoms with van der Waals surface area (Å²) in [6.07, 6.45) is 11.4. The summed E-state index contributed by atoms with van der Waals surface area (Å²) < 4.78 is 5.91. The Balaban J connectivity index is 1.74. The third kappa shape index (κ3) is 1.90. The van der Waals surface area contributed by atoms with Gasteiger partial charge in [-0.25, -0.2) is 0 Å². The maximum atomic E-state index is 14.0. The molecular formula is C22H25NO2. The van der Waals surface area contributed by atoms with Gasteiger partial charge < -0.3 is 9.64 Å². The van der Waals surface area contributed by atoms with Crippen LogP contribution in [0.2, 0.25) is 0 Å². The standard InChI is InChI=1S/C22H25NO2/c1-25-20-14-18-15-9-10-16(13-15)22(20,19-8-4-3-7-17(18)19)21(24)23-11-5-2-6-12-23/h3-4,7-10,14-16,18H,2,5-6,11-13H2,1H3. The Morgan fingerprint density at radius 3 is 2.76 bits per heavy atom. The van der Waals surface area contributed by atoms with Gasteiger partial charge in [-0.2, -0.15) is 0 Å². The summed E-state index contributed by atoms with van der Waals surface area (Å²) in [5, 5.41) is 0. The molecule has 4 bridgehead atoms. The van der Waals surface area contributed by atoms with Crippen LogP contribution in [0.3, 0.4) is 0 Å². The maximum absolute atomic E-state index is 14.0. The van der Waals surface area contributed by atoms with Crippen LogP contribution in [0, 0.1) is 11.8 Å². The normalized spacial score (nSPS) is 35.2. The summed E-state index contributed by atoms with van der Waals surface area (Å²) in [6, 6.07) is 8.58. The Labute approximate surface area is 149 Å². The molecule has 1 amide bonds. The first kappa shape index (κ1) is 15.2. The summed E-state index contributed by atoms with van der Waals surface area (Å²) >= 11 is 0. The second-order valence-electron chi connectivity index (χ2n) is 7.90. The Morgan fingerprint density at radius 1 is 1.16 bits per heavy atom. The fourth-order valence-electron chi connectivity index (χ4n) is 5.67. The number of hydrogen-bond acceptors (Lipinski definition) is 2. The third-order valence-electron chi connectivity index (χ3n) is 6.80. The second-order valence-corrected chi connectivity index (χ2v) is 7.90. The highest BCUT2D eigenvalue weighted by molar-refractivity contribution is 5.94. The van der Waals surface area contributed by atoms with E-state index in [2.05, 4.69) is 47.4 Å². The van der Waals surface area contributed by atoms with Crippen LogP contribution in [-0.2, 0) is 14.9 Å². The number of methoxy groups -OCH3 is 1. The minimum Gasteiger partial charge on any atom is -0.500 e. The van der Waals surface area contributed by atoms with Gasteiger partial charge in [-0.3, -0.25) is 4.79 Å². The molecule has 25 heavy (non-hydrogen) atoms. The average molecular weight is 335 g/mol. The summed E-state index contributed by atoms with van der Waals surface area (Å²) in [5.41, 5.74) is 1.85. The van der Waals surface area contributed by atoms with Crippen LogP contribution in [0.5, 0.6) is 0 Å². The van der Waals surface area contributed by atoms with Gasteiger partial charge in [0, 0.05) is 24.9 Å². The fourth-order valence-corrected chi connectivity index (χ4v) is 5.67. The summed E-state index contributed by atoms with van der Waals surface area (Å²) in [6.45, 7) is 1.76. The van der Waals surface area contributed by atoms with Gasteiger partial charge in [0.25, 0.3) is 0 Å². The van der Waals surface area contributed by atoms with Crippen LogP contribution in [0.25, 0.3) is 0 Å². The summed E-state index contributed by atoms with van der Waals surface area (Å²) in [4.78, 5) is 16.1. The predicted molar refractivity (Wildman–Crippen MR) is 97.1 cm³/mol. The zero-order valence-electron chi connectivity index (χ0n) is 14.8. The number of nitrogens with zero attached hydrogens (tertiary/aromatic N) is 1. The van der Waals surface area contributed by atoms with E-state index < -0.39 is 5.41 Å². The van der Waals surface area contributed by atoms with Gasteiger partial charge in [-0.15, -0.1) is 0 Å². The number of ether oxygens (including phenoxy) is 1. The van der Waals surface area contributed by atoms with Crippen molar-refractivity contribution in [1.29, 1.82) is 0 Å². The zero-order chi connectivity index (χ0) is 17.0. The summed E-state index contributed by atoms with van der Waals surface area (Å²) in [5.74, 6) is 2.14. The molecule has 0 N–H and O–H groups in total. The van der Waals surface area contributed by atoms with E-state index in [4.69, 9.17) is 4.74 Å². The van der Waals surface area contributed by atoms with E-state index in [1.165, 1.54) is 17.5 Å². The van der Waals surface area contributed by atoms with Crippen LogP contribution in [0.1, 0.15) is 42.7 Å². The van der Waals surface area contributed by atoms with Crippen molar-refractivity contribution in [3.05, 3.63) is 59.4 Å². The lowest BCUT2D eigenvalue weighted by molar-refractivity contribution is -0.140. The van der Waals surface area contributed by atoms with Crippen molar-refractivity contribution in [2.24, 2.45) is 11.8 Å². The Hall–Kier alpha value is -2.03. The molecule has 1 saturated heterocycles. The number of piperidine rings is 1. The van der Waals surface area contributed by atoms with Crippen LogP contribution < -0.4 is 0 Å². The number of carbonyl (C=O) groups is 1. The highest BCUT2D eigenvalue weighted by Crippen LogP contribution is 2.59. The predicted octanol–water partition coefficient (Wildman–Crippen LogP) is 3.77. The van der Waals surface area contributed by atoms with Crippen LogP contribution in [0.4, 0.5) is 0 Å². The molecule has 4 atom stereocenters. The van der Waals surface area contributed by atoms with Gasteiger partial charge in [-0.1, -0.05) is 36.4 Å². The molecule has 1 heterocycles. The monoisotopic (exact) mass is 335 g/mol.